The van der Waals surface area contributed by atoms with Crippen molar-refractivity contribution in [2.75, 3.05) is 0 Å². The van der Waals surface area contributed by atoms with Crippen molar-refractivity contribution in [1.29, 1.82) is 0 Å². The number of nitrogens with one attached hydrogen (secondary N) is 1. The molecule has 18 heavy (non-hydrogen) atoms. The molecule has 2 aromatic heterocycles. The Hall–Kier alpha value is -1.72. The van der Waals surface area contributed by atoms with Crippen LogP contribution in [0.25, 0.3) is 15.9 Å². The molecule has 0 spiro atoms. The van der Waals surface area contributed by atoms with Gasteiger partial charge in [0.15, 0.2) is 4.77 Å². The van der Waals surface area contributed by atoms with Crippen LogP contribution in [0, 0.1) is 11.7 Å². The molecule has 90 valence electrons. The number of fused-ring (bicyclic) bond motifs is 1. The maximum Gasteiger partial charge on any atom is 0.267 e. The third kappa shape index (κ3) is 1.72. The van der Waals surface area contributed by atoms with Crippen molar-refractivity contribution >= 4 is 33.8 Å². The van der Waals surface area contributed by atoms with Gasteiger partial charge in [0.25, 0.3) is 5.56 Å². The van der Waals surface area contributed by atoms with E-state index in [9.17, 15) is 4.79 Å². The van der Waals surface area contributed by atoms with E-state index in [4.69, 9.17) is 12.2 Å². The van der Waals surface area contributed by atoms with E-state index in [1.807, 2.05) is 42.6 Å². The summed E-state index contributed by atoms with van der Waals surface area (Å²) in [5.41, 5.74) is 1.83. The van der Waals surface area contributed by atoms with Crippen molar-refractivity contribution in [1.82, 2.24) is 9.55 Å². The van der Waals surface area contributed by atoms with Crippen molar-refractivity contribution in [3.8, 4) is 5.69 Å². The second kappa shape index (κ2) is 4.19. The smallest absolute Gasteiger partial charge is 0.267 e. The number of nitrogens with zero attached hydrogens (tertiary/aromatic N) is 1. The Kier molecular flexibility index (Phi) is 2.65. The predicted molar refractivity (Wildman–Crippen MR) is 77.3 cm³/mol. The van der Waals surface area contributed by atoms with Gasteiger partial charge in [0.05, 0.1) is 11.1 Å². The second-order valence-electron chi connectivity index (χ2n) is 4.07. The Morgan fingerprint density at radius 3 is 2.94 bits per heavy atom. The molecule has 0 unspecified atom stereocenters. The van der Waals surface area contributed by atoms with Gasteiger partial charge in [-0.05, 0) is 48.3 Å². The van der Waals surface area contributed by atoms with Gasteiger partial charge in [0.2, 0.25) is 0 Å². The highest BCUT2D eigenvalue weighted by atomic mass is 32.1. The Bertz CT molecular complexity index is 842. The molecule has 3 rings (SSSR count). The number of thiophene rings is 1. The summed E-state index contributed by atoms with van der Waals surface area (Å²) < 4.78 is 1.97. The highest BCUT2D eigenvalue weighted by Crippen LogP contribution is 2.16. The minimum absolute atomic E-state index is 0.0689. The first-order valence-electron chi connectivity index (χ1n) is 5.46. The van der Waals surface area contributed by atoms with Crippen LogP contribution in [-0.2, 0) is 0 Å². The molecule has 3 aromatic rings. The lowest BCUT2D eigenvalue weighted by Crippen LogP contribution is -2.19. The fourth-order valence-corrected chi connectivity index (χ4v) is 3.07. The fourth-order valence-electron chi connectivity index (χ4n) is 1.94. The van der Waals surface area contributed by atoms with E-state index in [-0.39, 0.29) is 5.56 Å². The Morgan fingerprint density at radius 1 is 1.33 bits per heavy atom. The summed E-state index contributed by atoms with van der Waals surface area (Å²) in [6.45, 7) is 1.99. The first kappa shape index (κ1) is 11.4. The second-order valence-corrected chi connectivity index (χ2v) is 5.38. The number of rotatable bonds is 1. The Labute approximate surface area is 112 Å². The summed E-state index contributed by atoms with van der Waals surface area (Å²) in [5.74, 6) is 0. The van der Waals surface area contributed by atoms with E-state index in [2.05, 4.69) is 4.98 Å². The molecule has 0 bridgehead atoms. The summed E-state index contributed by atoms with van der Waals surface area (Å²) in [6, 6.07) is 9.56. The number of H-pyrrole nitrogens is 1. The first-order chi connectivity index (χ1) is 8.66. The maximum atomic E-state index is 12.4. The number of aromatic nitrogens is 2. The summed E-state index contributed by atoms with van der Waals surface area (Å²) in [4.78, 5) is 16.3. The van der Waals surface area contributed by atoms with Crippen molar-refractivity contribution in [3.63, 3.8) is 0 Å². The Balaban J connectivity index is 2.42. The maximum absolute atomic E-state index is 12.4. The molecule has 0 saturated carbocycles. The van der Waals surface area contributed by atoms with Crippen molar-refractivity contribution in [2.45, 2.75) is 6.92 Å². The van der Waals surface area contributed by atoms with E-state index in [1.165, 1.54) is 15.9 Å². The van der Waals surface area contributed by atoms with Crippen LogP contribution in [0.3, 0.4) is 0 Å². The average Bonchev–Trinajstić information content (AvgIpc) is 2.77. The summed E-state index contributed by atoms with van der Waals surface area (Å²) >= 11 is 6.76. The van der Waals surface area contributed by atoms with Crippen molar-refractivity contribution in [3.05, 3.63) is 56.4 Å². The Morgan fingerprint density at radius 2 is 2.17 bits per heavy atom. The molecule has 0 amide bonds. The number of aryl methyl sites for hydroxylation is 1. The zero-order chi connectivity index (χ0) is 12.7. The molecular formula is C13H10N2OS2. The number of benzene rings is 1. The molecule has 0 aliphatic heterocycles. The predicted octanol–water partition coefficient (Wildman–Crippen LogP) is 3.42. The molecule has 1 N–H and O–H groups in total. The molecule has 0 radical (unpaired) electrons. The largest absolute Gasteiger partial charge is 0.323 e. The van der Waals surface area contributed by atoms with Gasteiger partial charge in [0, 0.05) is 0 Å². The lowest BCUT2D eigenvalue weighted by Gasteiger charge is -2.06. The van der Waals surface area contributed by atoms with E-state index in [0.717, 1.165) is 16.1 Å². The number of aromatic amines is 1. The third-order valence-corrected chi connectivity index (χ3v) is 3.90. The fraction of sp³-hybridized carbons (Fsp3) is 0.0769. The van der Waals surface area contributed by atoms with Gasteiger partial charge in [-0.3, -0.25) is 9.36 Å². The first-order valence-corrected chi connectivity index (χ1v) is 6.75. The highest BCUT2D eigenvalue weighted by molar-refractivity contribution is 7.71. The zero-order valence-corrected chi connectivity index (χ0v) is 11.3. The van der Waals surface area contributed by atoms with Crippen LogP contribution >= 0.6 is 23.6 Å². The van der Waals surface area contributed by atoms with E-state index < -0.39 is 0 Å². The van der Waals surface area contributed by atoms with Gasteiger partial charge in [-0.15, -0.1) is 11.3 Å². The van der Waals surface area contributed by atoms with E-state index >= 15 is 0 Å². The molecule has 0 fully saturated rings. The molecule has 0 atom stereocenters. The minimum atomic E-state index is -0.0689. The normalized spacial score (nSPS) is 10.9. The molecule has 0 saturated heterocycles. The van der Waals surface area contributed by atoms with Crippen LogP contribution in [0.4, 0.5) is 0 Å². The number of hydrogen-bond donors (Lipinski definition) is 1. The van der Waals surface area contributed by atoms with Crippen LogP contribution < -0.4 is 5.56 Å². The van der Waals surface area contributed by atoms with Crippen LogP contribution in [0.2, 0.25) is 0 Å². The quantitative estimate of drug-likeness (QED) is 0.690. The van der Waals surface area contributed by atoms with Crippen molar-refractivity contribution in [2.24, 2.45) is 0 Å². The van der Waals surface area contributed by atoms with Gasteiger partial charge in [-0.2, -0.15) is 0 Å². The summed E-state index contributed by atoms with van der Waals surface area (Å²) in [7, 11) is 0. The van der Waals surface area contributed by atoms with Gasteiger partial charge in [-0.25, -0.2) is 0 Å². The molecule has 2 heterocycles. The number of hydrogen-bond acceptors (Lipinski definition) is 3. The topological polar surface area (TPSA) is 37.8 Å². The zero-order valence-electron chi connectivity index (χ0n) is 9.64. The average molecular weight is 274 g/mol. The van der Waals surface area contributed by atoms with E-state index in [1.54, 1.807) is 0 Å². The molecule has 5 heteroatoms. The van der Waals surface area contributed by atoms with Crippen LogP contribution in [-0.4, -0.2) is 9.55 Å². The molecule has 3 nitrogen and oxygen atoms in total. The van der Waals surface area contributed by atoms with Crippen LogP contribution in [0.1, 0.15) is 5.56 Å². The molecule has 0 aliphatic rings. The summed E-state index contributed by atoms with van der Waals surface area (Å²) in [5, 5.41) is 2.56. The van der Waals surface area contributed by atoms with Gasteiger partial charge in [0.1, 0.15) is 4.83 Å². The summed E-state index contributed by atoms with van der Waals surface area (Å²) in [6.07, 6.45) is 0. The van der Waals surface area contributed by atoms with Crippen LogP contribution in [0.15, 0.2) is 40.5 Å². The SMILES string of the molecule is Cc1cccc(-n2c(=S)[nH]c3sccc3c2=O)c1. The molecule has 0 aliphatic carbocycles. The van der Waals surface area contributed by atoms with Crippen LogP contribution in [0.5, 0.6) is 0 Å². The molecule has 1 aromatic carbocycles. The van der Waals surface area contributed by atoms with Gasteiger partial charge in [-0.1, -0.05) is 12.1 Å². The third-order valence-electron chi connectivity index (χ3n) is 2.78. The van der Waals surface area contributed by atoms with Crippen molar-refractivity contribution < 1.29 is 0 Å². The molecular weight excluding hydrogens is 264 g/mol. The monoisotopic (exact) mass is 274 g/mol. The highest BCUT2D eigenvalue weighted by Gasteiger charge is 2.08. The van der Waals surface area contributed by atoms with Gasteiger partial charge >= 0.3 is 0 Å². The standard InChI is InChI=1S/C13H10N2OS2/c1-8-3-2-4-9(7-8)15-12(16)10-5-6-18-11(10)14-13(15)17/h2-7H,1H3,(H,14,17). The lowest BCUT2D eigenvalue weighted by atomic mass is 10.2. The van der Waals surface area contributed by atoms with Gasteiger partial charge < -0.3 is 4.98 Å². The minimum Gasteiger partial charge on any atom is -0.323 e. The lowest BCUT2D eigenvalue weighted by molar-refractivity contribution is 0.941. The van der Waals surface area contributed by atoms with E-state index in [0.29, 0.717) is 10.2 Å².